The lowest BCUT2D eigenvalue weighted by Crippen LogP contribution is -2.36. The third kappa shape index (κ3) is 5.57. The predicted octanol–water partition coefficient (Wildman–Crippen LogP) is 2.53. The van der Waals surface area contributed by atoms with Gasteiger partial charge in [0, 0.05) is 19.6 Å². The normalized spacial score (nSPS) is 19.3. The van der Waals surface area contributed by atoms with Crippen molar-refractivity contribution in [3.63, 3.8) is 0 Å². The average Bonchev–Trinajstić information content (AvgIpc) is 3.06. The number of hydrogen-bond acceptors (Lipinski definition) is 4. The summed E-state index contributed by atoms with van der Waals surface area (Å²) in [7, 11) is 0. The highest BCUT2D eigenvalue weighted by Gasteiger charge is 2.35. The molecule has 1 aliphatic heterocycles. The Morgan fingerprint density at radius 1 is 1.07 bits per heavy atom. The van der Waals surface area contributed by atoms with Crippen molar-refractivity contribution < 1.29 is 19.4 Å². The minimum absolute atomic E-state index is 0.0657. The van der Waals surface area contributed by atoms with E-state index in [0.717, 1.165) is 16.9 Å². The van der Waals surface area contributed by atoms with Crippen molar-refractivity contribution in [2.75, 3.05) is 19.6 Å². The van der Waals surface area contributed by atoms with Gasteiger partial charge < -0.3 is 15.2 Å². The van der Waals surface area contributed by atoms with Crippen LogP contribution in [0.15, 0.2) is 54.6 Å². The van der Waals surface area contributed by atoms with E-state index in [1.165, 1.54) is 0 Å². The molecular weight excluding hydrogens is 356 g/mol. The van der Waals surface area contributed by atoms with Crippen molar-refractivity contribution in [3.8, 4) is 5.75 Å². The number of carboxylic acids is 1. The lowest BCUT2D eigenvalue weighted by molar-refractivity contribution is -0.142. The maximum atomic E-state index is 12.2. The van der Waals surface area contributed by atoms with Crippen LogP contribution in [0.1, 0.15) is 18.1 Å². The molecule has 1 aliphatic rings. The summed E-state index contributed by atoms with van der Waals surface area (Å²) >= 11 is 0. The molecule has 0 aliphatic carbocycles. The Morgan fingerprint density at radius 3 is 2.39 bits per heavy atom. The summed E-state index contributed by atoms with van der Waals surface area (Å²) in [5.74, 6) is -0.365. The number of carbonyl (C=O) groups excluding carboxylic acids is 1. The van der Waals surface area contributed by atoms with Gasteiger partial charge in [-0.15, -0.1) is 0 Å². The zero-order valence-corrected chi connectivity index (χ0v) is 16.0. The molecular formula is C22H26N2O4. The standard InChI is InChI=1S/C22H26N2O4/c1-16-12-24(13-20(16)22(26)27)14-21(25)23-11-17-7-9-18(10-8-17)15-28-19-5-3-2-4-6-19/h2-10,16,20H,11-15H2,1H3,(H,23,25)(H,26,27)/t16-,20-/m1/s1. The van der Waals surface area contributed by atoms with Gasteiger partial charge in [0.2, 0.25) is 5.91 Å². The van der Waals surface area contributed by atoms with Crippen molar-refractivity contribution in [2.24, 2.45) is 11.8 Å². The molecule has 2 aromatic carbocycles. The summed E-state index contributed by atoms with van der Waals surface area (Å²) in [6.45, 7) is 4.16. The molecule has 1 heterocycles. The summed E-state index contributed by atoms with van der Waals surface area (Å²) in [5, 5.41) is 12.1. The molecule has 0 bridgehead atoms. The van der Waals surface area contributed by atoms with Gasteiger partial charge in [0.15, 0.2) is 0 Å². The third-order valence-corrected chi connectivity index (χ3v) is 5.03. The highest BCUT2D eigenvalue weighted by molar-refractivity contribution is 5.78. The molecule has 1 saturated heterocycles. The summed E-state index contributed by atoms with van der Waals surface area (Å²) < 4.78 is 5.72. The van der Waals surface area contributed by atoms with Crippen LogP contribution in [0.5, 0.6) is 5.75 Å². The molecule has 3 rings (SSSR count). The third-order valence-electron chi connectivity index (χ3n) is 5.03. The molecule has 2 N–H and O–H groups in total. The number of carboxylic acid groups (broad SMARTS) is 1. The Kier molecular flexibility index (Phi) is 6.66. The second-order valence-electron chi connectivity index (χ2n) is 7.31. The Bertz CT molecular complexity index is 792. The first kappa shape index (κ1) is 19.9. The average molecular weight is 382 g/mol. The highest BCUT2D eigenvalue weighted by atomic mass is 16.5. The summed E-state index contributed by atoms with van der Waals surface area (Å²) in [4.78, 5) is 25.2. The zero-order valence-electron chi connectivity index (χ0n) is 16.0. The molecule has 6 heteroatoms. The minimum atomic E-state index is -0.785. The lowest BCUT2D eigenvalue weighted by Gasteiger charge is -2.15. The molecule has 6 nitrogen and oxygen atoms in total. The van der Waals surface area contributed by atoms with Gasteiger partial charge in [-0.2, -0.15) is 0 Å². The van der Waals surface area contributed by atoms with Crippen molar-refractivity contribution in [3.05, 3.63) is 65.7 Å². The van der Waals surface area contributed by atoms with E-state index >= 15 is 0 Å². The Hall–Kier alpha value is -2.86. The van der Waals surface area contributed by atoms with Crippen molar-refractivity contribution in [1.82, 2.24) is 10.2 Å². The van der Waals surface area contributed by atoms with Crippen molar-refractivity contribution in [2.45, 2.75) is 20.1 Å². The molecule has 0 saturated carbocycles. The number of benzene rings is 2. The van der Waals surface area contributed by atoms with Gasteiger partial charge in [-0.1, -0.05) is 49.4 Å². The minimum Gasteiger partial charge on any atom is -0.489 e. The van der Waals surface area contributed by atoms with E-state index in [-0.39, 0.29) is 18.4 Å². The number of nitrogens with one attached hydrogen (secondary N) is 1. The van der Waals surface area contributed by atoms with Crippen LogP contribution >= 0.6 is 0 Å². The Morgan fingerprint density at radius 2 is 1.75 bits per heavy atom. The quantitative estimate of drug-likeness (QED) is 0.734. The monoisotopic (exact) mass is 382 g/mol. The molecule has 1 fully saturated rings. The SMILES string of the molecule is C[C@@H]1CN(CC(=O)NCc2ccc(COc3ccccc3)cc2)C[C@H]1C(=O)O. The number of amides is 1. The molecule has 2 aromatic rings. The first-order valence-corrected chi connectivity index (χ1v) is 9.49. The maximum absolute atomic E-state index is 12.2. The lowest BCUT2D eigenvalue weighted by atomic mass is 9.99. The summed E-state index contributed by atoms with van der Waals surface area (Å²) in [5.41, 5.74) is 2.07. The van der Waals surface area contributed by atoms with Gasteiger partial charge in [0.05, 0.1) is 12.5 Å². The fourth-order valence-corrected chi connectivity index (χ4v) is 3.41. The number of nitrogens with zero attached hydrogens (tertiary/aromatic N) is 1. The Balaban J connectivity index is 1.41. The molecule has 1 amide bonds. The fourth-order valence-electron chi connectivity index (χ4n) is 3.41. The van der Waals surface area contributed by atoms with Gasteiger partial charge in [-0.3, -0.25) is 14.5 Å². The second-order valence-corrected chi connectivity index (χ2v) is 7.31. The van der Waals surface area contributed by atoms with E-state index in [9.17, 15) is 14.7 Å². The molecule has 0 aromatic heterocycles. The molecule has 148 valence electrons. The van der Waals surface area contributed by atoms with Crippen LogP contribution < -0.4 is 10.1 Å². The van der Waals surface area contributed by atoms with E-state index in [2.05, 4.69) is 5.32 Å². The molecule has 0 spiro atoms. The van der Waals surface area contributed by atoms with E-state index in [4.69, 9.17) is 4.74 Å². The van der Waals surface area contributed by atoms with Gasteiger partial charge in [0.25, 0.3) is 0 Å². The fraction of sp³-hybridized carbons (Fsp3) is 0.364. The van der Waals surface area contributed by atoms with Gasteiger partial charge >= 0.3 is 5.97 Å². The van der Waals surface area contributed by atoms with E-state index in [0.29, 0.717) is 26.2 Å². The number of ether oxygens (including phenoxy) is 1. The molecule has 2 atom stereocenters. The molecule has 0 radical (unpaired) electrons. The smallest absolute Gasteiger partial charge is 0.308 e. The van der Waals surface area contributed by atoms with Crippen molar-refractivity contribution >= 4 is 11.9 Å². The van der Waals surface area contributed by atoms with Gasteiger partial charge in [-0.05, 0) is 29.2 Å². The molecule has 0 unspecified atom stereocenters. The maximum Gasteiger partial charge on any atom is 0.308 e. The van der Waals surface area contributed by atoms with E-state index < -0.39 is 11.9 Å². The first-order chi connectivity index (χ1) is 13.5. The van der Waals surface area contributed by atoms with Gasteiger partial charge in [0.1, 0.15) is 12.4 Å². The zero-order chi connectivity index (χ0) is 19.9. The van der Waals surface area contributed by atoms with Crippen LogP contribution in [0.2, 0.25) is 0 Å². The number of likely N-dealkylation sites (tertiary alicyclic amines) is 1. The van der Waals surface area contributed by atoms with Crippen LogP contribution in [0.4, 0.5) is 0 Å². The van der Waals surface area contributed by atoms with E-state index in [1.807, 2.05) is 66.4 Å². The van der Waals surface area contributed by atoms with Crippen LogP contribution in [-0.4, -0.2) is 41.5 Å². The second kappa shape index (κ2) is 9.37. The first-order valence-electron chi connectivity index (χ1n) is 9.49. The van der Waals surface area contributed by atoms with Gasteiger partial charge in [-0.25, -0.2) is 0 Å². The topological polar surface area (TPSA) is 78.9 Å². The summed E-state index contributed by atoms with van der Waals surface area (Å²) in [6, 6.07) is 17.6. The number of aliphatic carboxylic acids is 1. The van der Waals surface area contributed by atoms with Crippen molar-refractivity contribution in [1.29, 1.82) is 0 Å². The van der Waals surface area contributed by atoms with Crippen LogP contribution in [0.3, 0.4) is 0 Å². The summed E-state index contributed by atoms with van der Waals surface area (Å²) in [6.07, 6.45) is 0. The predicted molar refractivity (Wildman–Crippen MR) is 106 cm³/mol. The number of hydrogen-bond donors (Lipinski definition) is 2. The number of carbonyl (C=O) groups is 2. The Labute approximate surface area is 165 Å². The number of rotatable bonds is 8. The van der Waals surface area contributed by atoms with E-state index in [1.54, 1.807) is 0 Å². The van der Waals surface area contributed by atoms with Crippen LogP contribution in [0.25, 0.3) is 0 Å². The van der Waals surface area contributed by atoms with Crippen LogP contribution in [0, 0.1) is 11.8 Å². The largest absolute Gasteiger partial charge is 0.489 e. The highest BCUT2D eigenvalue weighted by Crippen LogP contribution is 2.22. The van der Waals surface area contributed by atoms with Crippen LogP contribution in [-0.2, 0) is 22.7 Å². The molecule has 28 heavy (non-hydrogen) atoms. The number of para-hydroxylation sites is 1.